The largest absolute Gasteiger partial charge is 0.497 e. The van der Waals surface area contributed by atoms with Gasteiger partial charge in [0.05, 0.1) is 13.2 Å². The highest BCUT2D eigenvalue weighted by atomic mass is 16.5. The topological polar surface area (TPSA) is 62.7 Å². The number of pyridine rings is 1. The van der Waals surface area contributed by atoms with Gasteiger partial charge in [-0.15, -0.1) is 0 Å². The first-order chi connectivity index (χ1) is 12.7. The summed E-state index contributed by atoms with van der Waals surface area (Å²) in [6.45, 7) is 1.32. The van der Waals surface area contributed by atoms with E-state index >= 15 is 0 Å². The van der Waals surface area contributed by atoms with Gasteiger partial charge in [-0.2, -0.15) is 0 Å². The number of aryl methyl sites for hydroxylation is 1. The summed E-state index contributed by atoms with van der Waals surface area (Å²) < 4.78 is 5.16. The van der Waals surface area contributed by atoms with Gasteiger partial charge in [-0.3, -0.25) is 9.78 Å². The van der Waals surface area contributed by atoms with Crippen LogP contribution in [-0.2, 0) is 6.42 Å². The van der Waals surface area contributed by atoms with Gasteiger partial charge in [-0.1, -0.05) is 30.3 Å². The number of piperidine rings is 1. The number of likely N-dealkylation sites (tertiary alicyclic amines) is 1. The molecule has 1 aromatic carbocycles. The molecule has 1 aliphatic rings. The number of carbonyl (C=O) groups excluding carboxylic acids is 1. The van der Waals surface area contributed by atoms with Crippen LogP contribution in [0.4, 0.5) is 0 Å². The molecule has 0 radical (unpaired) electrons. The Morgan fingerprint density at radius 3 is 2.69 bits per heavy atom. The average molecular weight is 354 g/mol. The fourth-order valence-electron chi connectivity index (χ4n) is 3.50. The minimum atomic E-state index is -0.317. The number of benzene rings is 1. The summed E-state index contributed by atoms with van der Waals surface area (Å²) in [6.07, 6.45) is 4.57. The zero-order chi connectivity index (χ0) is 18.4. The van der Waals surface area contributed by atoms with Gasteiger partial charge in [0.25, 0.3) is 5.91 Å². The Hall–Kier alpha value is -2.40. The molecule has 1 amide bonds. The van der Waals surface area contributed by atoms with Crippen LogP contribution in [0, 0.1) is 5.92 Å². The van der Waals surface area contributed by atoms with E-state index < -0.39 is 0 Å². The molecule has 1 saturated heterocycles. The standard InChI is InChI=1S/C21H26N2O3/c1-26-18-9-12-22-19(15-18)21(25)23-13-10-17(11-14-23)20(24)8-7-16-5-3-2-4-6-16/h2-6,9,12,15,17,20,24H,7-8,10-11,13-14H2,1H3. The van der Waals surface area contributed by atoms with Gasteiger partial charge in [-0.25, -0.2) is 0 Å². The second-order valence-electron chi connectivity index (χ2n) is 6.80. The van der Waals surface area contributed by atoms with Gasteiger partial charge in [0, 0.05) is 25.4 Å². The first-order valence-corrected chi connectivity index (χ1v) is 9.18. The summed E-state index contributed by atoms with van der Waals surface area (Å²) in [4.78, 5) is 18.6. The number of amides is 1. The van der Waals surface area contributed by atoms with E-state index in [-0.39, 0.29) is 17.9 Å². The van der Waals surface area contributed by atoms with E-state index in [2.05, 4.69) is 17.1 Å². The average Bonchev–Trinajstić information content (AvgIpc) is 2.72. The molecule has 2 aromatic rings. The third-order valence-corrected chi connectivity index (χ3v) is 5.13. The van der Waals surface area contributed by atoms with Crippen LogP contribution in [-0.4, -0.2) is 47.2 Å². The van der Waals surface area contributed by atoms with Gasteiger partial charge in [0.15, 0.2) is 0 Å². The van der Waals surface area contributed by atoms with E-state index in [0.717, 1.165) is 25.7 Å². The predicted octanol–water partition coefficient (Wildman–Crippen LogP) is 2.94. The summed E-state index contributed by atoms with van der Waals surface area (Å²) in [5, 5.41) is 10.5. The first-order valence-electron chi connectivity index (χ1n) is 9.18. The summed E-state index contributed by atoms with van der Waals surface area (Å²) in [7, 11) is 1.58. The van der Waals surface area contributed by atoms with Crippen molar-refractivity contribution in [1.29, 1.82) is 0 Å². The lowest BCUT2D eigenvalue weighted by molar-refractivity contribution is 0.0433. The molecule has 1 aromatic heterocycles. The third kappa shape index (κ3) is 4.61. The second-order valence-corrected chi connectivity index (χ2v) is 6.80. The molecular formula is C21H26N2O3. The lowest BCUT2D eigenvalue weighted by Crippen LogP contribution is -2.41. The Balaban J connectivity index is 1.49. The van der Waals surface area contributed by atoms with Crippen molar-refractivity contribution in [2.24, 2.45) is 5.92 Å². The molecule has 1 aliphatic heterocycles. The van der Waals surface area contributed by atoms with Crippen molar-refractivity contribution in [1.82, 2.24) is 9.88 Å². The molecule has 1 fully saturated rings. The van der Waals surface area contributed by atoms with E-state index in [1.54, 1.807) is 25.4 Å². The van der Waals surface area contributed by atoms with Gasteiger partial charge >= 0.3 is 0 Å². The van der Waals surface area contributed by atoms with Gasteiger partial charge in [0.2, 0.25) is 0 Å². The molecule has 2 heterocycles. The van der Waals surface area contributed by atoms with Crippen molar-refractivity contribution in [2.75, 3.05) is 20.2 Å². The molecular weight excluding hydrogens is 328 g/mol. The summed E-state index contributed by atoms with van der Waals surface area (Å²) in [6, 6.07) is 13.6. The lowest BCUT2D eigenvalue weighted by Gasteiger charge is -2.34. The van der Waals surface area contributed by atoms with Crippen molar-refractivity contribution < 1.29 is 14.6 Å². The highest BCUT2D eigenvalue weighted by Crippen LogP contribution is 2.24. The van der Waals surface area contributed by atoms with Crippen LogP contribution in [0.3, 0.4) is 0 Å². The van der Waals surface area contributed by atoms with E-state index in [4.69, 9.17) is 4.74 Å². The number of ether oxygens (including phenoxy) is 1. The van der Waals surface area contributed by atoms with Crippen LogP contribution >= 0.6 is 0 Å². The molecule has 1 unspecified atom stereocenters. The quantitative estimate of drug-likeness (QED) is 0.866. The van der Waals surface area contributed by atoms with Crippen molar-refractivity contribution >= 4 is 5.91 Å². The number of hydrogen-bond donors (Lipinski definition) is 1. The smallest absolute Gasteiger partial charge is 0.272 e. The zero-order valence-corrected chi connectivity index (χ0v) is 15.2. The Morgan fingerprint density at radius 2 is 2.00 bits per heavy atom. The fraction of sp³-hybridized carbons (Fsp3) is 0.429. The second kappa shape index (κ2) is 8.81. The number of nitrogens with zero attached hydrogens (tertiary/aromatic N) is 2. The molecule has 3 rings (SSSR count). The normalized spacial score (nSPS) is 16.3. The van der Waals surface area contributed by atoms with E-state index in [9.17, 15) is 9.90 Å². The van der Waals surface area contributed by atoms with Gasteiger partial charge in [0.1, 0.15) is 11.4 Å². The molecule has 26 heavy (non-hydrogen) atoms. The Morgan fingerprint density at radius 1 is 1.27 bits per heavy atom. The Labute approximate surface area is 154 Å². The maximum absolute atomic E-state index is 12.6. The summed E-state index contributed by atoms with van der Waals surface area (Å²) in [5.41, 5.74) is 1.66. The molecule has 1 atom stereocenters. The highest BCUT2D eigenvalue weighted by molar-refractivity contribution is 5.92. The first kappa shape index (κ1) is 18.4. The van der Waals surface area contributed by atoms with Crippen LogP contribution < -0.4 is 4.74 Å². The molecule has 5 nitrogen and oxygen atoms in total. The number of rotatable bonds is 6. The maximum Gasteiger partial charge on any atom is 0.272 e. The molecule has 0 saturated carbocycles. The van der Waals surface area contributed by atoms with Gasteiger partial charge in [-0.05, 0) is 43.2 Å². The molecule has 0 aliphatic carbocycles. The van der Waals surface area contributed by atoms with E-state index in [1.165, 1.54) is 5.56 Å². The lowest BCUT2D eigenvalue weighted by atomic mass is 9.88. The number of aliphatic hydroxyl groups is 1. The van der Waals surface area contributed by atoms with E-state index in [1.807, 2.05) is 23.1 Å². The molecule has 1 N–H and O–H groups in total. The van der Waals surface area contributed by atoms with Crippen LogP contribution in [0.2, 0.25) is 0 Å². The van der Waals surface area contributed by atoms with Crippen molar-refractivity contribution in [3.8, 4) is 5.75 Å². The monoisotopic (exact) mass is 354 g/mol. The number of aliphatic hydroxyl groups excluding tert-OH is 1. The minimum absolute atomic E-state index is 0.0684. The predicted molar refractivity (Wildman–Crippen MR) is 100 cm³/mol. The maximum atomic E-state index is 12.6. The minimum Gasteiger partial charge on any atom is -0.497 e. The molecule has 0 spiro atoms. The van der Waals surface area contributed by atoms with Crippen molar-refractivity contribution in [3.05, 3.63) is 59.9 Å². The number of hydrogen-bond acceptors (Lipinski definition) is 4. The highest BCUT2D eigenvalue weighted by Gasteiger charge is 2.28. The zero-order valence-electron chi connectivity index (χ0n) is 15.2. The molecule has 138 valence electrons. The van der Waals surface area contributed by atoms with Crippen molar-refractivity contribution in [3.63, 3.8) is 0 Å². The van der Waals surface area contributed by atoms with Crippen LogP contribution in [0.25, 0.3) is 0 Å². The van der Waals surface area contributed by atoms with E-state index in [0.29, 0.717) is 24.5 Å². The summed E-state index contributed by atoms with van der Waals surface area (Å²) in [5.74, 6) is 0.816. The number of aromatic nitrogens is 1. The van der Waals surface area contributed by atoms with Crippen LogP contribution in [0.1, 0.15) is 35.3 Å². The number of methoxy groups -OCH3 is 1. The van der Waals surface area contributed by atoms with Crippen molar-refractivity contribution in [2.45, 2.75) is 31.8 Å². The fourth-order valence-corrected chi connectivity index (χ4v) is 3.50. The Kier molecular flexibility index (Phi) is 6.23. The van der Waals surface area contributed by atoms with Crippen LogP contribution in [0.5, 0.6) is 5.75 Å². The molecule has 0 bridgehead atoms. The number of carbonyl (C=O) groups is 1. The Bertz CT molecular complexity index is 712. The van der Waals surface area contributed by atoms with Crippen LogP contribution in [0.15, 0.2) is 48.7 Å². The summed E-state index contributed by atoms with van der Waals surface area (Å²) >= 11 is 0. The SMILES string of the molecule is COc1ccnc(C(=O)N2CCC(C(O)CCc3ccccc3)CC2)c1. The third-order valence-electron chi connectivity index (χ3n) is 5.13. The molecule has 5 heteroatoms. The van der Waals surface area contributed by atoms with Gasteiger partial charge < -0.3 is 14.7 Å².